The van der Waals surface area contributed by atoms with Crippen LogP contribution in [0.25, 0.3) is 6.08 Å². The molecular formula is C26H23BrN2O4. The molecule has 0 aliphatic carbocycles. The fourth-order valence-electron chi connectivity index (χ4n) is 3.40. The Hall–Kier alpha value is -3.58. The molecule has 0 saturated carbocycles. The van der Waals surface area contributed by atoms with Crippen LogP contribution in [0.5, 0.6) is 11.5 Å². The molecule has 0 aromatic heterocycles. The Balaban J connectivity index is 1.60. The number of nitrogens with one attached hydrogen (secondary N) is 1. The third-order valence-electron chi connectivity index (χ3n) is 5.05. The van der Waals surface area contributed by atoms with E-state index in [4.69, 9.17) is 9.47 Å². The van der Waals surface area contributed by atoms with Gasteiger partial charge in [0.15, 0.2) is 11.5 Å². The van der Waals surface area contributed by atoms with Crippen molar-refractivity contribution < 1.29 is 19.1 Å². The van der Waals surface area contributed by atoms with Crippen LogP contribution in [0.4, 0.5) is 5.69 Å². The third kappa shape index (κ3) is 5.09. The maximum atomic E-state index is 12.9. The highest BCUT2D eigenvalue weighted by Gasteiger charge is 2.34. The van der Waals surface area contributed by atoms with E-state index in [-0.39, 0.29) is 5.57 Å². The van der Waals surface area contributed by atoms with E-state index in [1.54, 1.807) is 42.5 Å². The average molecular weight is 507 g/mol. The molecule has 0 bridgehead atoms. The number of rotatable bonds is 7. The number of nitrogens with zero attached hydrogens (tertiary/aromatic N) is 1. The van der Waals surface area contributed by atoms with Gasteiger partial charge in [0.2, 0.25) is 0 Å². The number of aryl methyl sites for hydroxylation is 1. The van der Waals surface area contributed by atoms with Gasteiger partial charge >= 0.3 is 0 Å². The molecule has 168 valence electrons. The first-order valence-electron chi connectivity index (χ1n) is 10.5. The van der Waals surface area contributed by atoms with E-state index in [1.807, 2.05) is 44.2 Å². The minimum Gasteiger partial charge on any atom is -0.490 e. The van der Waals surface area contributed by atoms with Gasteiger partial charge in [0.05, 0.1) is 16.8 Å². The van der Waals surface area contributed by atoms with E-state index in [0.29, 0.717) is 40.4 Å². The van der Waals surface area contributed by atoms with E-state index in [2.05, 4.69) is 21.4 Å². The van der Waals surface area contributed by atoms with Crippen LogP contribution in [0.15, 0.2) is 76.8 Å². The van der Waals surface area contributed by atoms with Crippen LogP contribution >= 0.6 is 15.9 Å². The van der Waals surface area contributed by atoms with Crippen molar-refractivity contribution in [2.45, 2.75) is 20.5 Å². The maximum absolute atomic E-state index is 12.9. The first-order valence-corrected chi connectivity index (χ1v) is 11.3. The largest absolute Gasteiger partial charge is 0.490 e. The number of anilines is 1. The standard InChI is InChI=1S/C26H23BrN2O4/c1-3-32-23-15-19(14-22(27)24(23)33-16-18-11-9-17(2)10-12-18)13-21-25(30)28-29(26(21)31)20-7-5-4-6-8-20/h4-15H,3,16H2,1-2H3,(H,28,30)/b21-13+. The van der Waals surface area contributed by atoms with Crippen molar-refractivity contribution >= 4 is 39.5 Å². The molecule has 0 spiro atoms. The van der Waals surface area contributed by atoms with Gasteiger partial charge in [-0.3, -0.25) is 15.0 Å². The van der Waals surface area contributed by atoms with Gasteiger partial charge in [0, 0.05) is 0 Å². The van der Waals surface area contributed by atoms with Gasteiger partial charge in [-0.1, -0.05) is 48.0 Å². The summed E-state index contributed by atoms with van der Waals surface area (Å²) in [5.41, 5.74) is 6.10. The SMILES string of the molecule is CCOc1cc(/C=C2\C(=O)NN(c3ccccc3)C2=O)cc(Br)c1OCc1ccc(C)cc1. The highest BCUT2D eigenvalue weighted by atomic mass is 79.9. The van der Waals surface area contributed by atoms with Crippen molar-refractivity contribution in [3.63, 3.8) is 0 Å². The summed E-state index contributed by atoms with van der Waals surface area (Å²) in [6, 6.07) is 20.6. The van der Waals surface area contributed by atoms with Gasteiger partial charge in [0.25, 0.3) is 11.8 Å². The van der Waals surface area contributed by atoms with Crippen LogP contribution in [-0.2, 0) is 16.2 Å². The smallest absolute Gasteiger partial charge is 0.282 e. The molecule has 6 nitrogen and oxygen atoms in total. The maximum Gasteiger partial charge on any atom is 0.282 e. The molecule has 2 amide bonds. The minimum atomic E-state index is -0.461. The summed E-state index contributed by atoms with van der Waals surface area (Å²) in [7, 11) is 0. The molecule has 1 N–H and O–H groups in total. The van der Waals surface area contributed by atoms with Gasteiger partial charge in [-0.05, 0) is 71.2 Å². The van der Waals surface area contributed by atoms with Crippen molar-refractivity contribution in [1.82, 2.24) is 5.43 Å². The number of hydrogen-bond donors (Lipinski definition) is 1. The second-order valence-corrected chi connectivity index (χ2v) is 8.37. The molecule has 33 heavy (non-hydrogen) atoms. The van der Waals surface area contributed by atoms with Crippen LogP contribution in [0.3, 0.4) is 0 Å². The van der Waals surface area contributed by atoms with Crippen LogP contribution in [0, 0.1) is 6.92 Å². The minimum absolute atomic E-state index is 0.0431. The lowest BCUT2D eigenvalue weighted by molar-refractivity contribution is -0.117. The van der Waals surface area contributed by atoms with Crippen molar-refractivity contribution in [2.24, 2.45) is 0 Å². The van der Waals surface area contributed by atoms with Crippen LogP contribution < -0.4 is 19.9 Å². The topological polar surface area (TPSA) is 67.9 Å². The molecule has 1 saturated heterocycles. The zero-order valence-electron chi connectivity index (χ0n) is 18.3. The van der Waals surface area contributed by atoms with Crippen molar-refractivity contribution in [3.8, 4) is 11.5 Å². The zero-order chi connectivity index (χ0) is 23.4. The number of carbonyl (C=O) groups is 2. The van der Waals surface area contributed by atoms with Gasteiger partial charge in [-0.15, -0.1) is 0 Å². The highest BCUT2D eigenvalue weighted by molar-refractivity contribution is 9.10. The molecule has 0 atom stereocenters. The summed E-state index contributed by atoms with van der Waals surface area (Å²) in [6.45, 7) is 4.74. The van der Waals surface area contributed by atoms with Crippen LogP contribution in [0.1, 0.15) is 23.6 Å². The Morgan fingerprint density at radius 1 is 1.00 bits per heavy atom. The Morgan fingerprint density at radius 3 is 2.42 bits per heavy atom. The van der Waals surface area contributed by atoms with Crippen molar-refractivity contribution in [1.29, 1.82) is 0 Å². The molecule has 3 aromatic carbocycles. The molecule has 1 heterocycles. The van der Waals surface area contributed by atoms with Gasteiger partial charge in [-0.2, -0.15) is 0 Å². The van der Waals surface area contributed by atoms with Gasteiger partial charge in [0.1, 0.15) is 12.2 Å². The number of para-hydroxylation sites is 1. The van der Waals surface area contributed by atoms with Crippen molar-refractivity contribution in [3.05, 3.63) is 93.5 Å². The van der Waals surface area contributed by atoms with E-state index in [9.17, 15) is 9.59 Å². The first kappa shape index (κ1) is 22.6. The second-order valence-electron chi connectivity index (χ2n) is 7.51. The number of carbonyl (C=O) groups excluding carboxylic acids is 2. The summed E-state index contributed by atoms with van der Waals surface area (Å²) < 4.78 is 12.5. The van der Waals surface area contributed by atoms with E-state index in [1.165, 1.54) is 10.6 Å². The predicted molar refractivity (Wildman–Crippen MR) is 131 cm³/mol. The summed E-state index contributed by atoms with van der Waals surface area (Å²) >= 11 is 3.55. The fraction of sp³-hybridized carbons (Fsp3) is 0.154. The lowest BCUT2D eigenvalue weighted by Crippen LogP contribution is -2.35. The summed E-state index contributed by atoms with van der Waals surface area (Å²) in [5, 5.41) is 1.24. The molecule has 7 heteroatoms. The molecule has 3 aromatic rings. The third-order valence-corrected chi connectivity index (χ3v) is 5.64. The average Bonchev–Trinajstić information content (AvgIpc) is 3.09. The Labute approximate surface area is 200 Å². The number of hydrazine groups is 1. The number of ether oxygens (including phenoxy) is 2. The van der Waals surface area contributed by atoms with Gasteiger partial charge < -0.3 is 9.47 Å². The normalized spacial score (nSPS) is 14.5. The first-order chi connectivity index (χ1) is 16.0. The molecular weight excluding hydrogens is 484 g/mol. The molecule has 4 rings (SSSR count). The molecule has 1 aliphatic rings. The number of halogens is 1. The summed E-state index contributed by atoms with van der Waals surface area (Å²) in [5.74, 6) is 0.210. The number of amides is 2. The van der Waals surface area contributed by atoms with Crippen LogP contribution in [-0.4, -0.2) is 18.4 Å². The zero-order valence-corrected chi connectivity index (χ0v) is 19.9. The number of hydrogen-bond acceptors (Lipinski definition) is 4. The highest BCUT2D eigenvalue weighted by Crippen LogP contribution is 2.38. The van der Waals surface area contributed by atoms with Crippen LogP contribution in [0.2, 0.25) is 0 Å². The van der Waals surface area contributed by atoms with E-state index < -0.39 is 11.8 Å². The fourth-order valence-corrected chi connectivity index (χ4v) is 3.97. The van der Waals surface area contributed by atoms with E-state index >= 15 is 0 Å². The molecule has 0 radical (unpaired) electrons. The molecule has 0 unspecified atom stereocenters. The second kappa shape index (κ2) is 9.92. The van der Waals surface area contributed by atoms with Gasteiger partial charge in [-0.25, -0.2) is 5.01 Å². The lowest BCUT2D eigenvalue weighted by atomic mass is 10.1. The summed E-state index contributed by atoms with van der Waals surface area (Å²) in [6.07, 6.45) is 1.55. The number of benzene rings is 3. The Morgan fingerprint density at radius 2 is 1.73 bits per heavy atom. The molecule has 1 aliphatic heterocycles. The Kier molecular flexibility index (Phi) is 6.79. The Bertz CT molecular complexity index is 1210. The predicted octanol–water partition coefficient (Wildman–Crippen LogP) is 5.20. The molecule has 1 fully saturated rings. The summed E-state index contributed by atoms with van der Waals surface area (Å²) in [4.78, 5) is 25.4. The monoisotopic (exact) mass is 506 g/mol. The van der Waals surface area contributed by atoms with Crippen molar-refractivity contribution in [2.75, 3.05) is 11.6 Å². The quantitative estimate of drug-likeness (QED) is 0.353. The van der Waals surface area contributed by atoms with E-state index in [0.717, 1.165) is 5.56 Å². The lowest BCUT2D eigenvalue weighted by Gasteiger charge is -2.15.